The Morgan fingerprint density at radius 3 is 2.76 bits per heavy atom. The third-order valence-electron chi connectivity index (χ3n) is 3.41. The first-order chi connectivity index (χ1) is 8.09. The topological polar surface area (TPSA) is 61.4 Å². The van der Waals surface area contributed by atoms with Crippen LogP contribution in [0, 0.1) is 0 Å². The van der Waals surface area contributed by atoms with Gasteiger partial charge in [-0.1, -0.05) is 13.8 Å². The molecule has 0 bridgehead atoms. The van der Waals surface area contributed by atoms with Crippen molar-refractivity contribution in [3.63, 3.8) is 0 Å². The standard InChI is InChI=1S/C12H21N3O2/c1-8(2)14-9-5-7-15(12(9)17)10-4-3-6-13-11(10)16/h8-10,14H,3-7H2,1-2H3,(H,13,16). The largest absolute Gasteiger partial charge is 0.354 e. The number of hydrogen-bond donors (Lipinski definition) is 2. The van der Waals surface area contributed by atoms with Gasteiger partial charge < -0.3 is 15.5 Å². The van der Waals surface area contributed by atoms with Crippen LogP contribution >= 0.6 is 0 Å². The minimum absolute atomic E-state index is 0.00907. The second kappa shape index (κ2) is 5.04. The van der Waals surface area contributed by atoms with Crippen molar-refractivity contribution in [1.82, 2.24) is 15.5 Å². The lowest BCUT2D eigenvalue weighted by atomic mass is 10.1. The summed E-state index contributed by atoms with van der Waals surface area (Å²) in [5.74, 6) is 0.0931. The molecule has 2 aliphatic heterocycles. The Kier molecular flexibility index (Phi) is 3.66. The number of carbonyl (C=O) groups is 2. The van der Waals surface area contributed by atoms with Crippen LogP contribution in [-0.2, 0) is 9.59 Å². The second-order valence-electron chi connectivity index (χ2n) is 5.14. The van der Waals surface area contributed by atoms with Gasteiger partial charge in [-0.25, -0.2) is 0 Å². The fraction of sp³-hybridized carbons (Fsp3) is 0.833. The molecule has 0 saturated carbocycles. The van der Waals surface area contributed by atoms with Crippen molar-refractivity contribution in [1.29, 1.82) is 0 Å². The Bertz CT molecular complexity index is 317. The molecule has 5 nitrogen and oxygen atoms in total. The molecule has 0 aromatic carbocycles. The quantitative estimate of drug-likeness (QED) is 0.721. The van der Waals surface area contributed by atoms with Gasteiger partial charge in [-0.05, 0) is 19.3 Å². The first-order valence-corrected chi connectivity index (χ1v) is 6.44. The molecule has 2 fully saturated rings. The first-order valence-electron chi connectivity index (χ1n) is 6.44. The summed E-state index contributed by atoms with van der Waals surface area (Å²) in [4.78, 5) is 25.6. The lowest BCUT2D eigenvalue weighted by Gasteiger charge is -2.30. The zero-order valence-corrected chi connectivity index (χ0v) is 10.5. The van der Waals surface area contributed by atoms with E-state index >= 15 is 0 Å². The van der Waals surface area contributed by atoms with Gasteiger partial charge in [0.05, 0.1) is 6.04 Å². The Morgan fingerprint density at radius 1 is 1.35 bits per heavy atom. The van der Waals surface area contributed by atoms with E-state index in [1.165, 1.54) is 0 Å². The molecule has 2 unspecified atom stereocenters. The van der Waals surface area contributed by atoms with Crippen LogP contribution in [-0.4, -0.2) is 47.9 Å². The van der Waals surface area contributed by atoms with Crippen LogP contribution in [0.25, 0.3) is 0 Å². The third kappa shape index (κ3) is 2.60. The number of nitrogens with zero attached hydrogens (tertiary/aromatic N) is 1. The first kappa shape index (κ1) is 12.4. The maximum Gasteiger partial charge on any atom is 0.242 e. The molecule has 0 spiro atoms. The van der Waals surface area contributed by atoms with Crippen LogP contribution in [0.15, 0.2) is 0 Å². The van der Waals surface area contributed by atoms with E-state index in [0.29, 0.717) is 12.6 Å². The summed E-state index contributed by atoms with van der Waals surface area (Å²) in [5, 5.41) is 6.08. The smallest absolute Gasteiger partial charge is 0.242 e. The molecular weight excluding hydrogens is 218 g/mol. The fourth-order valence-corrected chi connectivity index (χ4v) is 2.62. The predicted molar refractivity (Wildman–Crippen MR) is 64.4 cm³/mol. The highest BCUT2D eigenvalue weighted by molar-refractivity contribution is 5.91. The zero-order valence-electron chi connectivity index (χ0n) is 10.5. The predicted octanol–water partition coefficient (Wildman–Crippen LogP) is -0.136. The van der Waals surface area contributed by atoms with Gasteiger partial charge in [0, 0.05) is 19.1 Å². The average Bonchev–Trinajstić information content (AvgIpc) is 2.61. The number of nitrogens with one attached hydrogen (secondary N) is 2. The number of rotatable bonds is 3. The molecule has 0 aromatic heterocycles. The van der Waals surface area contributed by atoms with Crippen LogP contribution in [0.1, 0.15) is 33.1 Å². The summed E-state index contributed by atoms with van der Waals surface area (Å²) in [7, 11) is 0. The van der Waals surface area contributed by atoms with Crippen molar-refractivity contribution in [2.45, 2.75) is 51.2 Å². The van der Waals surface area contributed by atoms with Crippen molar-refractivity contribution in [2.75, 3.05) is 13.1 Å². The molecule has 2 amide bonds. The normalized spacial score (nSPS) is 29.9. The number of amides is 2. The van der Waals surface area contributed by atoms with Gasteiger partial charge in [0.25, 0.3) is 0 Å². The fourth-order valence-electron chi connectivity index (χ4n) is 2.62. The SMILES string of the molecule is CC(C)NC1CCN(C2CCCNC2=O)C1=O. The third-order valence-corrected chi connectivity index (χ3v) is 3.41. The molecule has 0 radical (unpaired) electrons. The van der Waals surface area contributed by atoms with E-state index in [-0.39, 0.29) is 23.9 Å². The molecule has 2 aliphatic rings. The van der Waals surface area contributed by atoms with Gasteiger partial charge in [-0.15, -0.1) is 0 Å². The van der Waals surface area contributed by atoms with Gasteiger partial charge in [-0.2, -0.15) is 0 Å². The molecule has 17 heavy (non-hydrogen) atoms. The van der Waals surface area contributed by atoms with Crippen LogP contribution in [0.4, 0.5) is 0 Å². The van der Waals surface area contributed by atoms with Crippen molar-refractivity contribution in [3.05, 3.63) is 0 Å². The lowest BCUT2D eigenvalue weighted by Crippen LogP contribution is -2.53. The highest BCUT2D eigenvalue weighted by atomic mass is 16.2. The Hall–Kier alpha value is -1.10. The maximum atomic E-state index is 12.2. The molecule has 0 aromatic rings. The monoisotopic (exact) mass is 239 g/mol. The number of carbonyl (C=O) groups excluding carboxylic acids is 2. The minimum Gasteiger partial charge on any atom is -0.354 e. The summed E-state index contributed by atoms with van der Waals surface area (Å²) in [6.07, 6.45) is 2.56. The van der Waals surface area contributed by atoms with Crippen molar-refractivity contribution in [3.8, 4) is 0 Å². The van der Waals surface area contributed by atoms with Gasteiger partial charge in [0.15, 0.2) is 0 Å². The second-order valence-corrected chi connectivity index (χ2v) is 5.14. The van der Waals surface area contributed by atoms with Crippen LogP contribution in [0.2, 0.25) is 0 Å². The van der Waals surface area contributed by atoms with E-state index in [1.54, 1.807) is 4.90 Å². The van der Waals surface area contributed by atoms with E-state index in [1.807, 2.05) is 13.8 Å². The highest BCUT2D eigenvalue weighted by Gasteiger charge is 2.39. The molecular formula is C12H21N3O2. The Morgan fingerprint density at radius 2 is 2.12 bits per heavy atom. The number of likely N-dealkylation sites (tertiary alicyclic amines) is 1. The van der Waals surface area contributed by atoms with Gasteiger partial charge in [0.2, 0.25) is 11.8 Å². The molecule has 0 aliphatic carbocycles. The van der Waals surface area contributed by atoms with Crippen molar-refractivity contribution < 1.29 is 9.59 Å². The molecule has 2 saturated heterocycles. The molecule has 5 heteroatoms. The molecule has 2 atom stereocenters. The molecule has 2 heterocycles. The number of hydrogen-bond acceptors (Lipinski definition) is 3. The van der Waals surface area contributed by atoms with Gasteiger partial charge in [-0.3, -0.25) is 9.59 Å². The van der Waals surface area contributed by atoms with Crippen LogP contribution in [0.5, 0.6) is 0 Å². The Labute approximate surface area is 102 Å². The summed E-state index contributed by atoms with van der Waals surface area (Å²) in [6.45, 7) is 5.50. The zero-order chi connectivity index (χ0) is 12.4. The summed E-state index contributed by atoms with van der Waals surface area (Å²) >= 11 is 0. The lowest BCUT2D eigenvalue weighted by molar-refractivity contribution is -0.139. The van der Waals surface area contributed by atoms with E-state index < -0.39 is 0 Å². The number of piperidine rings is 1. The van der Waals surface area contributed by atoms with Gasteiger partial charge >= 0.3 is 0 Å². The highest BCUT2D eigenvalue weighted by Crippen LogP contribution is 2.19. The van der Waals surface area contributed by atoms with Crippen LogP contribution < -0.4 is 10.6 Å². The van der Waals surface area contributed by atoms with Gasteiger partial charge in [0.1, 0.15) is 6.04 Å². The Balaban J connectivity index is 1.99. The van der Waals surface area contributed by atoms with E-state index in [9.17, 15) is 9.59 Å². The van der Waals surface area contributed by atoms with E-state index in [2.05, 4.69) is 10.6 Å². The maximum absolute atomic E-state index is 12.2. The molecule has 2 N–H and O–H groups in total. The molecule has 96 valence electrons. The van der Waals surface area contributed by atoms with Crippen molar-refractivity contribution >= 4 is 11.8 Å². The molecule has 2 rings (SSSR count). The summed E-state index contributed by atoms with van der Waals surface area (Å²) in [6, 6.07) is -0.0518. The summed E-state index contributed by atoms with van der Waals surface area (Å²) < 4.78 is 0. The van der Waals surface area contributed by atoms with E-state index in [4.69, 9.17) is 0 Å². The van der Waals surface area contributed by atoms with Crippen LogP contribution in [0.3, 0.4) is 0 Å². The average molecular weight is 239 g/mol. The summed E-state index contributed by atoms with van der Waals surface area (Å²) in [5.41, 5.74) is 0. The minimum atomic E-state index is -0.241. The van der Waals surface area contributed by atoms with E-state index in [0.717, 1.165) is 25.8 Å². The van der Waals surface area contributed by atoms with Crippen molar-refractivity contribution in [2.24, 2.45) is 0 Å².